The summed E-state index contributed by atoms with van der Waals surface area (Å²) < 4.78 is 3.20. The molecule has 5 nitrogen and oxygen atoms in total. The fourth-order valence-corrected chi connectivity index (χ4v) is 3.36. The molecule has 0 unspecified atom stereocenters. The molecule has 0 bridgehead atoms. The Kier molecular flexibility index (Phi) is 5.41. The monoisotopic (exact) mass is 369 g/mol. The average Bonchev–Trinajstić information content (AvgIpc) is 2.96. The Morgan fingerprint density at radius 3 is 2.86 bits per heavy atom. The largest absolute Gasteiger partial charge is 0.352 e. The van der Waals surface area contributed by atoms with Crippen LogP contribution in [0.4, 0.5) is 0 Å². The molecule has 0 spiro atoms. The van der Waals surface area contributed by atoms with Crippen LogP contribution < -0.4 is 5.32 Å². The van der Waals surface area contributed by atoms with E-state index < -0.39 is 0 Å². The van der Waals surface area contributed by atoms with Gasteiger partial charge in [0.05, 0.1) is 13.1 Å². The van der Waals surface area contributed by atoms with Crippen LogP contribution in [-0.2, 0) is 20.1 Å². The molecule has 21 heavy (non-hydrogen) atoms. The van der Waals surface area contributed by atoms with Crippen LogP contribution >= 0.6 is 27.3 Å². The SMILES string of the molecule is CN=C(NCc1ncc(C)s1)N(C)Cc1cc(Br)cn1C. The van der Waals surface area contributed by atoms with Gasteiger partial charge in [0.1, 0.15) is 5.01 Å². The maximum atomic E-state index is 4.35. The van der Waals surface area contributed by atoms with Gasteiger partial charge < -0.3 is 14.8 Å². The summed E-state index contributed by atoms with van der Waals surface area (Å²) in [7, 11) is 5.87. The molecule has 114 valence electrons. The highest BCUT2D eigenvalue weighted by molar-refractivity contribution is 9.10. The lowest BCUT2D eigenvalue weighted by Crippen LogP contribution is -2.38. The standard InChI is InChI=1S/C14H20BrN5S/c1-10-6-17-13(21-10)7-18-14(16-2)20(4)9-12-5-11(15)8-19(12)3/h5-6,8H,7,9H2,1-4H3,(H,16,18). The fraction of sp³-hybridized carbons (Fsp3) is 0.429. The van der Waals surface area contributed by atoms with E-state index in [-0.39, 0.29) is 0 Å². The number of halogens is 1. The number of nitrogens with one attached hydrogen (secondary N) is 1. The molecular weight excluding hydrogens is 350 g/mol. The number of rotatable bonds is 4. The number of thiazole rings is 1. The highest BCUT2D eigenvalue weighted by Crippen LogP contribution is 2.15. The minimum atomic E-state index is 0.701. The summed E-state index contributed by atoms with van der Waals surface area (Å²) in [5.74, 6) is 0.861. The highest BCUT2D eigenvalue weighted by Gasteiger charge is 2.10. The molecule has 1 N–H and O–H groups in total. The molecule has 0 aliphatic rings. The van der Waals surface area contributed by atoms with Gasteiger partial charge in [-0.1, -0.05) is 0 Å². The van der Waals surface area contributed by atoms with Crippen molar-refractivity contribution in [3.05, 3.63) is 38.5 Å². The van der Waals surface area contributed by atoms with Crippen LogP contribution in [0.2, 0.25) is 0 Å². The van der Waals surface area contributed by atoms with Gasteiger partial charge in [0.2, 0.25) is 0 Å². The summed E-state index contributed by atoms with van der Waals surface area (Å²) in [4.78, 5) is 12.0. The second-order valence-electron chi connectivity index (χ2n) is 4.88. The lowest BCUT2D eigenvalue weighted by molar-refractivity contribution is 0.461. The topological polar surface area (TPSA) is 45.5 Å². The van der Waals surface area contributed by atoms with E-state index in [2.05, 4.69) is 59.9 Å². The van der Waals surface area contributed by atoms with Gasteiger partial charge in [-0.25, -0.2) is 4.98 Å². The minimum Gasteiger partial charge on any atom is -0.352 e. The summed E-state index contributed by atoms with van der Waals surface area (Å²) >= 11 is 5.20. The minimum absolute atomic E-state index is 0.701. The third-order valence-electron chi connectivity index (χ3n) is 3.11. The summed E-state index contributed by atoms with van der Waals surface area (Å²) in [5, 5.41) is 4.42. The van der Waals surface area contributed by atoms with Crippen LogP contribution in [0, 0.1) is 6.92 Å². The molecule has 0 aliphatic carbocycles. The predicted molar refractivity (Wildman–Crippen MR) is 91.6 cm³/mol. The molecule has 0 fully saturated rings. The van der Waals surface area contributed by atoms with E-state index in [1.54, 1.807) is 18.4 Å². The van der Waals surface area contributed by atoms with E-state index in [9.17, 15) is 0 Å². The third kappa shape index (κ3) is 4.31. The molecule has 0 atom stereocenters. The summed E-state index contributed by atoms with van der Waals surface area (Å²) in [6.45, 7) is 3.56. The van der Waals surface area contributed by atoms with Gasteiger partial charge in [-0.05, 0) is 28.9 Å². The molecular formula is C14H20BrN5S. The Bertz CT molecular complexity index is 631. The second kappa shape index (κ2) is 7.09. The van der Waals surface area contributed by atoms with Gasteiger partial charge >= 0.3 is 0 Å². The van der Waals surface area contributed by atoms with Crippen molar-refractivity contribution >= 4 is 33.2 Å². The van der Waals surface area contributed by atoms with Crippen molar-refractivity contribution in [2.75, 3.05) is 14.1 Å². The highest BCUT2D eigenvalue weighted by atomic mass is 79.9. The van der Waals surface area contributed by atoms with E-state index in [4.69, 9.17) is 0 Å². The number of hydrogen-bond acceptors (Lipinski definition) is 3. The molecule has 2 aromatic heterocycles. The number of aromatic nitrogens is 2. The number of aryl methyl sites for hydroxylation is 2. The van der Waals surface area contributed by atoms with Crippen molar-refractivity contribution in [2.45, 2.75) is 20.0 Å². The first kappa shape index (κ1) is 16.0. The summed E-state index contributed by atoms with van der Waals surface area (Å²) in [5.41, 5.74) is 1.22. The molecule has 0 radical (unpaired) electrons. The van der Waals surface area contributed by atoms with E-state index in [0.717, 1.165) is 22.0 Å². The van der Waals surface area contributed by atoms with Gasteiger partial charge in [-0.3, -0.25) is 4.99 Å². The molecule has 0 saturated carbocycles. The molecule has 2 heterocycles. The van der Waals surface area contributed by atoms with Crippen molar-refractivity contribution in [3.63, 3.8) is 0 Å². The maximum Gasteiger partial charge on any atom is 0.194 e. The number of aliphatic imine (C=N–C) groups is 1. The Morgan fingerprint density at radius 2 is 2.33 bits per heavy atom. The van der Waals surface area contributed by atoms with Crippen LogP contribution in [0.15, 0.2) is 27.9 Å². The van der Waals surface area contributed by atoms with Crippen LogP contribution in [-0.4, -0.2) is 34.5 Å². The molecule has 2 aromatic rings. The van der Waals surface area contributed by atoms with Crippen molar-refractivity contribution in [2.24, 2.45) is 12.0 Å². The van der Waals surface area contributed by atoms with Crippen LogP contribution in [0.25, 0.3) is 0 Å². The summed E-state index contributed by atoms with van der Waals surface area (Å²) in [6, 6.07) is 2.12. The maximum absolute atomic E-state index is 4.35. The predicted octanol–water partition coefficient (Wildman–Crippen LogP) is 2.76. The average molecular weight is 370 g/mol. The van der Waals surface area contributed by atoms with Gasteiger partial charge in [-0.15, -0.1) is 11.3 Å². The molecule has 7 heteroatoms. The van der Waals surface area contributed by atoms with Crippen LogP contribution in [0.5, 0.6) is 0 Å². The van der Waals surface area contributed by atoms with Crippen molar-refractivity contribution < 1.29 is 0 Å². The number of hydrogen-bond donors (Lipinski definition) is 1. The van der Waals surface area contributed by atoms with Crippen molar-refractivity contribution in [1.29, 1.82) is 0 Å². The zero-order valence-corrected chi connectivity index (χ0v) is 15.1. The third-order valence-corrected chi connectivity index (χ3v) is 4.46. The van der Waals surface area contributed by atoms with E-state index >= 15 is 0 Å². The zero-order chi connectivity index (χ0) is 15.4. The van der Waals surface area contributed by atoms with Gasteiger partial charge in [0.25, 0.3) is 0 Å². The normalized spacial score (nSPS) is 11.8. The summed E-state index contributed by atoms with van der Waals surface area (Å²) in [6.07, 6.45) is 3.95. The van der Waals surface area contributed by atoms with Crippen molar-refractivity contribution in [1.82, 2.24) is 19.8 Å². The fourth-order valence-electron chi connectivity index (χ4n) is 2.06. The quantitative estimate of drug-likeness (QED) is 0.665. The molecule has 0 aromatic carbocycles. The van der Waals surface area contributed by atoms with E-state index in [1.165, 1.54) is 10.6 Å². The number of nitrogens with zero attached hydrogens (tertiary/aromatic N) is 4. The van der Waals surface area contributed by atoms with Gasteiger partial charge in [0.15, 0.2) is 5.96 Å². The first-order chi connectivity index (χ1) is 9.99. The van der Waals surface area contributed by atoms with Gasteiger partial charge in [0, 0.05) is 48.6 Å². The Balaban J connectivity index is 1.95. The Hall–Kier alpha value is -1.34. The first-order valence-corrected chi connectivity index (χ1v) is 8.24. The lowest BCUT2D eigenvalue weighted by Gasteiger charge is -2.22. The molecule has 2 rings (SSSR count). The van der Waals surface area contributed by atoms with Crippen LogP contribution in [0.1, 0.15) is 15.6 Å². The van der Waals surface area contributed by atoms with Crippen molar-refractivity contribution in [3.8, 4) is 0 Å². The zero-order valence-electron chi connectivity index (χ0n) is 12.7. The van der Waals surface area contributed by atoms with Gasteiger partial charge in [-0.2, -0.15) is 0 Å². The molecule has 0 saturated heterocycles. The van der Waals surface area contributed by atoms with Crippen LogP contribution in [0.3, 0.4) is 0 Å². The van der Waals surface area contributed by atoms with E-state index in [0.29, 0.717) is 6.54 Å². The molecule has 0 aliphatic heterocycles. The second-order valence-corrected chi connectivity index (χ2v) is 7.12. The smallest absolute Gasteiger partial charge is 0.194 e. The Morgan fingerprint density at radius 1 is 1.57 bits per heavy atom. The Labute approximate surface area is 137 Å². The number of guanidine groups is 1. The first-order valence-electron chi connectivity index (χ1n) is 6.63. The van der Waals surface area contributed by atoms with E-state index in [1.807, 2.05) is 20.3 Å². The lowest BCUT2D eigenvalue weighted by atomic mass is 10.4. The molecule has 0 amide bonds.